The lowest BCUT2D eigenvalue weighted by Gasteiger charge is -2.17. The summed E-state index contributed by atoms with van der Waals surface area (Å²) in [5, 5.41) is 3.45. The van der Waals surface area contributed by atoms with Crippen LogP contribution in [0.4, 0.5) is 5.69 Å². The molecule has 1 saturated heterocycles. The minimum Gasteiger partial charge on any atom is -0.496 e. The number of methoxy groups -OCH3 is 1. The first-order chi connectivity index (χ1) is 16.0. The molecule has 1 heterocycles. The van der Waals surface area contributed by atoms with E-state index in [0.29, 0.717) is 17.4 Å². The van der Waals surface area contributed by atoms with Gasteiger partial charge in [-0.3, -0.25) is 9.69 Å². The average molecular weight is 459 g/mol. The molecule has 1 aliphatic heterocycles. The van der Waals surface area contributed by atoms with Crippen molar-refractivity contribution >= 4 is 35.0 Å². The molecule has 1 aliphatic rings. The molecule has 5 nitrogen and oxygen atoms in total. The zero-order valence-electron chi connectivity index (χ0n) is 18.9. The summed E-state index contributed by atoms with van der Waals surface area (Å²) in [4.78, 5) is 14.8. The lowest BCUT2D eigenvalue weighted by molar-refractivity contribution is -0.113. The molecule has 0 spiro atoms. The van der Waals surface area contributed by atoms with Gasteiger partial charge in [0.2, 0.25) is 0 Å². The molecule has 0 unspecified atom stereocenters. The van der Waals surface area contributed by atoms with Gasteiger partial charge in [0, 0.05) is 5.56 Å². The molecule has 0 radical (unpaired) electrons. The summed E-state index contributed by atoms with van der Waals surface area (Å²) in [6.07, 6.45) is 2.62. The molecule has 0 atom stereocenters. The van der Waals surface area contributed by atoms with Crippen LogP contribution in [0.5, 0.6) is 11.5 Å². The highest BCUT2D eigenvalue weighted by molar-refractivity contribution is 7.80. The van der Waals surface area contributed by atoms with Crippen molar-refractivity contribution in [3.63, 3.8) is 0 Å². The Morgan fingerprint density at radius 2 is 1.76 bits per heavy atom. The number of aryl methyl sites for hydroxylation is 2. The van der Waals surface area contributed by atoms with Gasteiger partial charge < -0.3 is 14.8 Å². The number of hydrogen-bond acceptors (Lipinski definition) is 4. The standard InChI is InChI=1S/C27H26N2O3S/c1-4-20-10-6-7-11-23(20)29-26(30)22(28-27(29)33)16-19-13-14-25(31-3)21(15-19)17-32-24-12-8-5-9-18(24)2/h5-16H,4,17H2,1-3H3,(H,28,33)/b22-16+. The summed E-state index contributed by atoms with van der Waals surface area (Å²) in [7, 11) is 1.63. The van der Waals surface area contributed by atoms with Crippen LogP contribution in [0.1, 0.15) is 29.2 Å². The number of carbonyl (C=O) groups excluding carboxylic acids is 1. The van der Waals surface area contributed by atoms with Gasteiger partial charge >= 0.3 is 0 Å². The van der Waals surface area contributed by atoms with Gasteiger partial charge in [0.05, 0.1) is 12.8 Å². The fourth-order valence-electron chi connectivity index (χ4n) is 3.82. The van der Waals surface area contributed by atoms with Crippen LogP contribution in [0.2, 0.25) is 0 Å². The maximum atomic E-state index is 13.2. The largest absolute Gasteiger partial charge is 0.496 e. The summed E-state index contributed by atoms with van der Waals surface area (Å²) < 4.78 is 11.5. The van der Waals surface area contributed by atoms with Gasteiger partial charge in [-0.15, -0.1) is 0 Å². The zero-order valence-corrected chi connectivity index (χ0v) is 19.7. The van der Waals surface area contributed by atoms with Crippen LogP contribution < -0.4 is 19.7 Å². The molecule has 0 saturated carbocycles. The third kappa shape index (κ3) is 4.76. The SMILES string of the molecule is CCc1ccccc1N1C(=O)/C(=C\c2ccc(OC)c(COc3ccccc3C)c2)NC1=S. The Labute approximate surface area is 199 Å². The number of rotatable bonds is 7. The van der Waals surface area contributed by atoms with Crippen LogP contribution in [0.15, 0.2) is 72.4 Å². The molecule has 0 bridgehead atoms. The van der Waals surface area contributed by atoms with Gasteiger partial charge in [0.25, 0.3) is 5.91 Å². The highest BCUT2D eigenvalue weighted by Crippen LogP contribution is 2.28. The molecule has 3 aromatic carbocycles. The van der Waals surface area contributed by atoms with E-state index in [4.69, 9.17) is 21.7 Å². The van der Waals surface area contributed by atoms with Gasteiger partial charge in [0.1, 0.15) is 23.8 Å². The quantitative estimate of drug-likeness (QED) is 0.379. The summed E-state index contributed by atoms with van der Waals surface area (Å²) in [5.74, 6) is 1.38. The van der Waals surface area contributed by atoms with Crippen LogP contribution in [-0.2, 0) is 17.8 Å². The lowest BCUT2D eigenvalue weighted by atomic mass is 10.1. The third-order valence-corrected chi connectivity index (χ3v) is 5.87. The summed E-state index contributed by atoms with van der Waals surface area (Å²) in [6.45, 7) is 4.42. The zero-order chi connectivity index (χ0) is 23.4. The highest BCUT2D eigenvalue weighted by Gasteiger charge is 2.33. The van der Waals surface area contributed by atoms with E-state index in [1.165, 1.54) is 0 Å². The predicted octanol–water partition coefficient (Wildman–Crippen LogP) is 5.41. The Balaban J connectivity index is 1.60. The van der Waals surface area contributed by atoms with Crippen molar-refractivity contribution in [3.8, 4) is 11.5 Å². The van der Waals surface area contributed by atoms with E-state index in [1.807, 2.05) is 73.7 Å². The Bertz CT molecular complexity index is 1240. The van der Waals surface area contributed by atoms with Crippen molar-refractivity contribution in [2.24, 2.45) is 0 Å². The first-order valence-corrected chi connectivity index (χ1v) is 11.2. The van der Waals surface area contributed by atoms with Gasteiger partial charge in [-0.25, -0.2) is 0 Å². The molecule has 4 rings (SSSR count). The number of nitrogens with one attached hydrogen (secondary N) is 1. The van der Waals surface area contributed by atoms with Crippen molar-refractivity contribution in [1.82, 2.24) is 5.32 Å². The Kier molecular flexibility index (Phi) is 6.75. The van der Waals surface area contributed by atoms with Crippen molar-refractivity contribution in [1.29, 1.82) is 0 Å². The number of benzene rings is 3. The number of ether oxygens (including phenoxy) is 2. The van der Waals surface area contributed by atoms with E-state index in [0.717, 1.165) is 45.9 Å². The van der Waals surface area contributed by atoms with Gasteiger partial charge in [-0.1, -0.05) is 49.4 Å². The molecule has 1 amide bonds. The molecule has 3 aromatic rings. The molecular weight excluding hydrogens is 432 g/mol. The monoisotopic (exact) mass is 458 g/mol. The van der Waals surface area contributed by atoms with Crippen molar-refractivity contribution in [3.05, 3.63) is 94.7 Å². The molecule has 1 fully saturated rings. The predicted molar refractivity (Wildman–Crippen MR) is 136 cm³/mol. The van der Waals surface area contributed by atoms with Crippen LogP contribution >= 0.6 is 12.2 Å². The summed E-state index contributed by atoms with van der Waals surface area (Å²) in [6, 6.07) is 21.4. The van der Waals surface area contributed by atoms with Gasteiger partial charge in [-0.05, 0) is 72.6 Å². The topological polar surface area (TPSA) is 50.8 Å². The average Bonchev–Trinajstić information content (AvgIpc) is 3.11. The third-order valence-electron chi connectivity index (χ3n) is 5.58. The number of thiocarbonyl (C=S) groups is 1. The number of hydrogen-bond donors (Lipinski definition) is 1. The minimum absolute atomic E-state index is 0.172. The summed E-state index contributed by atoms with van der Waals surface area (Å²) in [5.41, 5.74) is 5.11. The van der Waals surface area contributed by atoms with E-state index in [9.17, 15) is 4.79 Å². The smallest absolute Gasteiger partial charge is 0.281 e. The van der Waals surface area contributed by atoms with E-state index < -0.39 is 0 Å². The first-order valence-electron chi connectivity index (χ1n) is 10.8. The Morgan fingerprint density at radius 1 is 1.00 bits per heavy atom. The number of para-hydroxylation sites is 2. The lowest BCUT2D eigenvalue weighted by Crippen LogP contribution is -2.31. The first kappa shape index (κ1) is 22.6. The van der Waals surface area contributed by atoms with E-state index in [1.54, 1.807) is 18.1 Å². The molecule has 1 N–H and O–H groups in total. The number of anilines is 1. The minimum atomic E-state index is -0.172. The normalized spacial score (nSPS) is 14.5. The van der Waals surface area contributed by atoms with Gasteiger partial charge in [0.15, 0.2) is 5.11 Å². The molecule has 0 aromatic heterocycles. The van der Waals surface area contributed by atoms with Crippen LogP contribution in [0.3, 0.4) is 0 Å². The van der Waals surface area contributed by atoms with Gasteiger partial charge in [-0.2, -0.15) is 0 Å². The Hall–Kier alpha value is -3.64. The van der Waals surface area contributed by atoms with Crippen LogP contribution in [0, 0.1) is 6.92 Å². The maximum absolute atomic E-state index is 13.2. The van der Waals surface area contributed by atoms with E-state index in [-0.39, 0.29) is 5.91 Å². The number of amides is 1. The Morgan fingerprint density at radius 3 is 2.52 bits per heavy atom. The number of carbonyl (C=O) groups is 1. The fourth-order valence-corrected chi connectivity index (χ4v) is 4.11. The van der Waals surface area contributed by atoms with Crippen molar-refractivity contribution in [2.75, 3.05) is 12.0 Å². The molecule has 33 heavy (non-hydrogen) atoms. The second-order valence-corrected chi connectivity index (χ2v) is 8.12. The van der Waals surface area contributed by atoms with E-state index >= 15 is 0 Å². The maximum Gasteiger partial charge on any atom is 0.281 e. The number of nitrogens with zero attached hydrogens (tertiary/aromatic N) is 1. The van der Waals surface area contributed by atoms with Crippen molar-refractivity contribution in [2.45, 2.75) is 26.9 Å². The van der Waals surface area contributed by atoms with E-state index in [2.05, 4.69) is 12.2 Å². The van der Waals surface area contributed by atoms with Crippen LogP contribution in [-0.4, -0.2) is 18.1 Å². The second-order valence-electron chi connectivity index (χ2n) is 7.74. The fraction of sp³-hybridized carbons (Fsp3) is 0.185. The summed E-state index contributed by atoms with van der Waals surface area (Å²) >= 11 is 5.49. The molecule has 168 valence electrons. The van der Waals surface area contributed by atoms with Crippen LogP contribution in [0.25, 0.3) is 6.08 Å². The highest BCUT2D eigenvalue weighted by atomic mass is 32.1. The molecule has 0 aliphatic carbocycles. The second kappa shape index (κ2) is 9.88. The van der Waals surface area contributed by atoms with Crippen molar-refractivity contribution < 1.29 is 14.3 Å². The molecular formula is C27H26N2O3S. The molecule has 6 heteroatoms.